The zero-order valence-corrected chi connectivity index (χ0v) is 11.5. The Morgan fingerprint density at radius 1 is 1.33 bits per heavy atom. The molecule has 0 saturated heterocycles. The molecule has 0 amide bonds. The molecule has 0 aliphatic rings. The molecule has 1 aromatic carbocycles. The van der Waals surface area contributed by atoms with Crippen molar-refractivity contribution >= 4 is 11.6 Å². The molecule has 0 fully saturated rings. The van der Waals surface area contributed by atoms with Crippen molar-refractivity contribution < 1.29 is 9.26 Å². The van der Waals surface area contributed by atoms with E-state index < -0.39 is 0 Å². The van der Waals surface area contributed by atoms with Crippen LogP contribution in [0, 0.1) is 13.8 Å². The highest BCUT2D eigenvalue weighted by atomic mass is 35.5. The summed E-state index contributed by atoms with van der Waals surface area (Å²) in [5, 5.41) is 4.68. The van der Waals surface area contributed by atoms with Crippen LogP contribution in [0.1, 0.15) is 29.5 Å². The normalized spacial score (nSPS) is 10.7. The van der Waals surface area contributed by atoms with E-state index in [1.165, 1.54) is 0 Å². The summed E-state index contributed by atoms with van der Waals surface area (Å²) in [7, 11) is 0. The lowest BCUT2D eigenvalue weighted by molar-refractivity contribution is 0.301. The predicted molar refractivity (Wildman–Crippen MR) is 71.1 cm³/mol. The molecule has 0 aliphatic carbocycles. The molecule has 0 spiro atoms. The number of nitrogens with zero attached hydrogens (tertiary/aromatic N) is 1. The van der Waals surface area contributed by atoms with E-state index in [0.717, 1.165) is 39.8 Å². The van der Waals surface area contributed by atoms with Gasteiger partial charge in [0.15, 0.2) is 0 Å². The van der Waals surface area contributed by atoms with Gasteiger partial charge in [-0.3, -0.25) is 0 Å². The Hall–Kier alpha value is -1.48. The lowest BCUT2D eigenvalue weighted by atomic mass is 10.1. The van der Waals surface area contributed by atoms with Gasteiger partial charge < -0.3 is 9.26 Å². The molecule has 1 aromatic heterocycles. The highest BCUT2D eigenvalue weighted by molar-refractivity contribution is 6.31. The van der Waals surface area contributed by atoms with Gasteiger partial charge in [0.1, 0.15) is 18.1 Å². The van der Waals surface area contributed by atoms with E-state index in [-0.39, 0.29) is 0 Å². The van der Waals surface area contributed by atoms with Crippen LogP contribution in [-0.2, 0) is 13.0 Å². The van der Waals surface area contributed by atoms with Gasteiger partial charge >= 0.3 is 0 Å². The lowest BCUT2D eigenvalue weighted by Gasteiger charge is -2.08. The third-order valence-corrected chi connectivity index (χ3v) is 3.33. The lowest BCUT2D eigenvalue weighted by Crippen LogP contribution is -1.98. The zero-order valence-electron chi connectivity index (χ0n) is 10.8. The third-order valence-electron chi connectivity index (χ3n) is 2.96. The summed E-state index contributed by atoms with van der Waals surface area (Å²) < 4.78 is 10.8. The second-order valence-electron chi connectivity index (χ2n) is 4.20. The van der Waals surface area contributed by atoms with E-state index >= 15 is 0 Å². The summed E-state index contributed by atoms with van der Waals surface area (Å²) in [4.78, 5) is 0. The maximum atomic E-state index is 6.07. The quantitative estimate of drug-likeness (QED) is 0.835. The first-order valence-corrected chi connectivity index (χ1v) is 6.32. The molecule has 0 unspecified atom stereocenters. The molecule has 4 heteroatoms. The minimum Gasteiger partial charge on any atom is -0.489 e. The highest BCUT2D eigenvalue weighted by Crippen LogP contribution is 2.24. The van der Waals surface area contributed by atoms with Gasteiger partial charge in [0.25, 0.3) is 0 Å². The average molecular weight is 266 g/mol. The number of halogens is 1. The predicted octanol–water partition coefficient (Wildman–Crippen LogP) is 4.09. The number of aromatic nitrogens is 1. The standard InChI is InChI=1S/C14H16ClNO2/c1-4-11-7-12(5-6-14(11)15)17-8-13-9(2)16-18-10(13)3/h5-7H,4,8H2,1-3H3. The van der Waals surface area contributed by atoms with E-state index in [1.807, 2.05) is 32.0 Å². The maximum Gasteiger partial charge on any atom is 0.140 e. The van der Waals surface area contributed by atoms with Crippen LogP contribution in [0.3, 0.4) is 0 Å². The van der Waals surface area contributed by atoms with Crippen molar-refractivity contribution in [2.24, 2.45) is 0 Å². The Kier molecular flexibility index (Phi) is 3.92. The van der Waals surface area contributed by atoms with Gasteiger partial charge in [-0.05, 0) is 44.0 Å². The van der Waals surface area contributed by atoms with Crippen molar-refractivity contribution in [3.63, 3.8) is 0 Å². The van der Waals surface area contributed by atoms with Gasteiger partial charge in [-0.1, -0.05) is 23.7 Å². The van der Waals surface area contributed by atoms with E-state index in [0.29, 0.717) is 6.61 Å². The fourth-order valence-electron chi connectivity index (χ4n) is 1.78. The summed E-state index contributed by atoms with van der Waals surface area (Å²) in [6.07, 6.45) is 0.890. The number of aryl methyl sites for hydroxylation is 3. The van der Waals surface area contributed by atoms with Crippen molar-refractivity contribution in [3.8, 4) is 5.75 Å². The minimum atomic E-state index is 0.464. The largest absolute Gasteiger partial charge is 0.489 e. The maximum absolute atomic E-state index is 6.07. The van der Waals surface area contributed by atoms with E-state index in [2.05, 4.69) is 12.1 Å². The SMILES string of the molecule is CCc1cc(OCc2c(C)noc2C)ccc1Cl. The van der Waals surface area contributed by atoms with Gasteiger partial charge in [-0.2, -0.15) is 0 Å². The van der Waals surface area contributed by atoms with Crippen molar-refractivity contribution in [1.82, 2.24) is 5.16 Å². The first kappa shape index (κ1) is 13.0. The first-order valence-electron chi connectivity index (χ1n) is 5.94. The Bertz CT molecular complexity index is 529. The van der Waals surface area contributed by atoms with Gasteiger partial charge in [0.2, 0.25) is 0 Å². The van der Waals surface area contributed by atoms with E-state index in [1.54, 1.807) is 0 Å². The number of benzene rings is 1. The summed E-state index contributed by atoms with van der Waals surface area (Å²) in [5.41, 5.74) is 2.97. The molecular weight excluding hydrogens is 250 g/mol. The van der Waals surface area contributed by atoms with Crippen molar-refractivity contribution in [1.29, 1.82) is 0 Å². The second-order valence-corrected chi connectivity index (χ2v) is 4.61. The van der Waals surface area contributed by atoms with Crippen molar-refractivity contribution in [3.05, 3.63) is 45.8 Å². The molecule has 0 atom stereocenters. The van der Waals surface area contributed by atoms with Gasteiger partial charge in [-0.15, -0.1) is 0 Å². The summed E-state index contributed by atoms with van der Waals surface area (Å²) in [6, 6.07) is 5.71. The van der Waals surface area contributed by atoms with Crippen LogP contribution in [0.15, 0.2) is 22.7 Å². The Labute approximate surface area is 112 Å². The summed E-state index contributed by atoms with van der Waals surface area (Å²) >= 11 is 6.07. The third kappa shape index (κ3) is 2.67. The van der Waals surface area contributed by atoms with Crippen LogP contribution < -0.4 is 4.74 Å². The van der Waals surface area contributed by atoms with Gasteiger partial charge in [0.05, 0.1) is 11.3 Å². The molecule has 0 N–H and O–H groups in total. The van der Waals surface area contributed by atoms with Crippen LogP contribution in [-0.4, -0.2) is 5.16 Å². The first-order chi connectivity index (χ1) is 8.61. The topological polar surface area (TPSA) is 35.3 Å². The van der Waals surface area contributed by atoms with Crippen LogP contribution in [0.4, 0.5) is 0 Å². The van der Waals surface area contributed by atoms with Crippen LogP contribution >= 0.6 is 11.6 Å². The second kappa shape index (κ2) is 5.44. The number of hydrogen-bond acceptors (Lipinski definition) is 3. The molecule has 0 aliphatic heterocycles. The van der Waals surface area contributed by atoms with Crippen molar-refractivity contribution in [2.75, 3.05) is 0 Å². The fourth-order valence-corrected chi connectivity index (χ4v) is 2.03. The fraction of sp³-hybridized carbons (Fsp3) is 0.357. The molecule has 18 heavy (non-hydrogen) atoms. The minimum absolute atomic E-state index is 0.464. The molecule has 2 aromatic rings. The van der Waals surface area contributed by atoms with Crippen LogP contribution in [0.5, 0.6) is 5.75 Å². The molecule has 0 saturated carbocycles. The Morgan fingerprint density at radius 2 is 2.11 bits per heavy atom. The zero-order chi connectivity index (χ0) is 13.1. The van der Waals surface area contributed by atoms with Crippen LogP contribution in [0.25, 0.3) is 0 Å². The van der Waals surface area contributed by atoms with E-state index in [9.17, 15) is 0 Å². The molecule has 1 heterocycles. The average Bonchev–Trinajstić information content (AvgIpc) is 2.68. The summed E-state index contributed by atoms with van der Waals surface area (Å²) in [6.45, 7) is 6.33. The van der Waals surface area contributed by atoms with E-state index in [4.69, 9.17) is 20.9 Å². The van der Waals surface area contributed by atoms with Gasteiger partial charge in [0, 0.05) is 5.02 Å². The highest BCUT2D eigenvalue weighted by Gasteiger charge is 2.10. The summed E-state index contributed by atoms with van der Waals surface area (Å²) in [5.74, 6) is 1.62. The molecule has 0 bridgehead atoms. The van der Waals surface area contributed by atoms with Crippen molar-refractivity contribution in [2.45, 2.75) is 33.8 Å². The number of rotatable bonds is 4. The monoisotopic (exact) mass is 265 g/mol. The smallest absolute Gasteiger partial charge is 0.140 e. The Balaban J connectivity index is 2.11. The molecule has 3 nitrogen and oxygen atoms in total. The molecular formula is C14H16ClNO2. The molecule has 2 rings (SSSR count). The molecule has 0 radical (unpaired) electrons. The number of ether oxygens (including phenoxy) is 1. The van der Waals surface area contributed by atoms with Gasteiger partial charge in [-0.25, -0.2) is 0 Å². The Morgan fingerprint density at radius 3 is 2.72 bits per heavy atom. The molecule has 96 valence electrons. The van der Waals surface area contributed by atoms with Crippen LogP contribution in [0.2, 0.25) is 5.02 Å². The number of hydrogen-bond donors (Lipinski definition) is 0.